The van der Waals surface area contributed by atoms with Crippen LogP contribution in [0.1, 0.15) is 58.8 Å². The third kappa shape index (κ3) is 3.48. The lowest BCUT2D eigenvalue weighted by Crippen LogP contribution is -2.42. The maximum atomic E-state index is 11.8. The summed E-state index contributed by atoms with van der Waals surface area (Å²) in [6.07, 6.45) is 6.13. The van der Waals surface area contributed by atoms with Crippen LogP contribution >= 0.6 is 0 Å². The molecule has 1 aliphatic rings. The molecule has 0 spiro atoms. The first-order valence-electron chi connectivity index (χ1n) is 6.52. The van der Waals surface area contributed by atoms with E-state index >= 15 is 0 Å². The van der Waals surface area contributed by atoms with Crippen molar-refractivity contribution in [2.24, 2.45) is 5.92 Å². The molecule has 3 heteroatoms. The van der Waals surface area contributed by atoms with Crippen LogP contribution < -0.4 is 0 Å². The third-order valence-electron chi connectivity index (χ3n) is 3.67. The highest BCUT2D eigenvalue weighted by atomic mass is 16.5. The molecule has 0 aromatic carbocycles. The molecule has 0 aromatic heterocycles. The van der Waals surface area contributed by atoms with E-state index in [9.17, 15) is 9.90 Å². The molecule has 1 saturated carbocycles. The molecule has 0 saturated heterocycles. The summed E-state index contributed by atoms with van der Waals surface area (Å²) in [6.45, 7) is 4.64. The second-order valence-corrected chi connectivity index (χ2v) is 4.87. The SMILES string of the molecule is CCC(CC)COC(=O)C1(O)CCCCC1. The van der Waals surface area contributed by atoms with Gasteiger partial charge < -0.3 is 9.84 Å². The van der Waals surface area contributed by atoms with Gasteiger partial charge in [0.05, 0.1) is 6.61 Å². The molecule has 3 nitrogen and oxygen atoms in total. The van der Waals surface area contributed by atoms with Crippen molar-refractivity contribution in [3.8, 4) is 0 Å². The number of hydrogen-bond acceptors (Lipinski definition) is 3. The van der Waals surface area contributed by atoms with E-state index in [2.05, 4.69) is 13.8 Å². The minimum absolute atomic E-state index is 0.404. The Morgan fingerprint density at radius 3 is 2.31 bits per heavy atom. The van der Waals surface area contributed by atoms with Gasteiger partial charge in [0.2, 0.25) is 0 Å². The molecule has 0 unspecified atom stereocenters. The highest BCUT2D eigenvalue weighted by Crippen LogP contribution is 2.29. The fourth-order valence-electron chi connectivity index (χ4n) is 2.19. The summed E-state index contributed by atoms with van der Waals surface area (Å²) in [4.78, 5) is 11.8. The van der Waals surface area contributed by atoms with Crippen LogP contribution in [0.5, 0.6) is 0 Å². The monoisotopic (exact) mass is 228 g/mol. The molecule has 1 N–H and O–H groups in total. The van der Waals surface area contributed by atoms with Crippen molar-refractivity contribution in [3.63, 3.8) is 0 Å². The van der Waals surface area contributed by atoms with E-state index in [0.29, 0.717) is 25.4 Å². The predicted molar refractivity (Wildman–Crippen MR) is 63.1 cm³/mol. The van der Waals surface area contributed by atoms with Crippen LogP contribution in [-0.4, -0.2) is 23.3 Å². The third-order valence-corrected chi connectivity index (χ3v) is 3.67. The Labute approximate surface area is 98.2 Å². The summed E-state index contributed by atoms with van der Waals surface area (Å²) < 4.78 is 5.24. The quantitative estimate of drug-likeness (QED) is 0.736. The number of carbonyl (C=O) groups excluding carboxylic acids is 1. The first kappa shape index (κ1) is 13.5. The number of carbonyl (C=O) groups is 1. The van der Waals surface area contributed by atoms with Gasteiger partial charge in [-0.2, -0.15) is 0 Å². The van der Waals surface area contributed by atoms with E-state index in [1.807, 2.05) is 0 Å². The Hall–Kier alpha value is -0.570. The molecule has 0 aromatic rings. The van der Waals surface area contributed by atoms with Crippen LogP contribution in [0, 0.1) is 5.92 Å². The molecule has 0 aliphatic heterocycles. The van der Waals surface area contributed by atoms with E-state index in [1.54, 1.807) is 0 Å². The van der Waals surface area contributed by atoms with Gasteiger partial charge in [0.15, 0.2) is 5.60 Å². The van der Waals surface area contributed by atoms with Gasteiger partial charge in [-0.25, -0.2) is 4.79 Å². The van der Waals surface area contributed by atoms with Gasteiger partial charge in [-0.3, -0.25) is 0 Å². The van der Waals surface area contributed by atoms with Crippen molar-refractivity contribution in [1.29, 1.82) is 0 Å². The van der Waals surface area contributed by atoms with Crippen molar-refractivity contribution in [2.75, 3.05) is 6.61 Å². The largest absolute Gasteiger partial charge is 0.463 e. The molecule has 0 heterocycles. The minimum Gasteiger partial charge on any atom is -0.463 e. The topological polar surface area (TPSA) is 46.5 Å². The number of esters is 1. The smallest absolute Gasteiger partial charge is 0.338 e. The molecule has 16 heavy (non-hydrogen) atoms. The van der Waals surface area contributed by atoms with E-state index in [1.165, 1.54) is 0 Å². The van der Waals surface area contributed by atoms with Crippen LogP contribution in [0.4, 0.5) is 0 Å². The highest BCUT2D eigenvalue weighted by molar-refractivity contribution is 5.79. The Bertz CT molecular complexity index is 215. The normalized spacial score (nSPS) is 19.8. The molecular formula is C13H24O3. The predicted octanol–water partition coefficient (Wildman–Crippen LogP) is 2.66. The van der Waals surface area contributed by atoms with Crippen molar-refractivity contribution in [2.45, 2.75) is 64.4 Å². The lowest BCUT2D eigenvalue weighted by atomic mass is 9.85. The summed E-state index contributed by atoms with van der Waals surface area (Å²) in [5.74, 6) is 0.0234. The zero-order valence-corrected chi connectivity index (χ0v) is 10.5. The van der Waals surface area contributed by atoms with Gasteiger partial charge in [0.1, 0.15) is 0 Å². The van der Waals surface area contributed by atoms with Crippen molar-refractivity contribution in [3.05, 3.63) is 0 Å². The maximum absolute atomic E-state index is 11.8. The number of ether oxygens (including phenoxy) is 1. The molecule has 0 amide bonds. The van der Waals surface area contributed by atoms with Crippen LogP contribution in [-0.2, 0) is 9.53 Å². The zero-order valence-electron chi connectivity index (χ0n) is 10.5. The Balaban J connectivity index is 2.38. The summed E-state index contributed by atoms with van der Waals surface area (Å²) in [5.41, 5.74) is -1.19. The first-order valence-corrected chi connectivity index (χ1v) is 6.52. The molecule has 94 valence electrons. The van der Waals surface area contributed by atoms with Gasteiger partial charge in [0.25, 0.3) is 0 Å². The van der Waals surface area contributed by atoms with Gasteiger partial charge in [0, 0.05) is 0 Å². The number of hydrogen-bond donors (Lipinski definition) is 1. The van der Waals surface area contributed by atoms with E-state index in [-0.39, 0.29) is 0 Å². The molecule has 0 atom stereocenters. The van der Waals surface area contributed by atoms with Crippen molar-refractivity contribution < 1.29 is 14.6 Å². The summed E-state index contributed by atoms with van der Waals surface area (Å²) >= 11 is 0. The van der Waals surface area contributed by atoms with Crippen LogP contribution in [0.15, 0.2) is 0 Å². The summed E-state index contributed by atoms with van der Waals surface area (Å²) in [7, 11) is 0. The maximum Gasteiger partial charge on any atom is 0.338 e. The minimum atomic E-state index is -1.19. The average Bonchev–Trinajstić information content (AvgIpc) is 2.31. The number of aliphatic hydroxyl groups is 1. The van der Waals surface area contributed by atoms with Crippen LogP contribution in [0.2, 0.25) is 0 Å². The molecule has 0 radical (unpaired) electrons. The van der Waals surface area contributed by atoms with Gasteiger partial charge >= 0.3 is 5.97 Å². The standard InChI is InChI=1S/C13H24O3/c1-3-11(4-2)10-16-12(14)13(15)8-6-5-7-9-13/h11,15H,3-10H2,1-2H3. The van der Waals surface area contributed by atoms with Crippen molar-refractivity contribution >= 4 is 5.97 Å². The lowest BCUT2D eigenvalue weighted by Gasteiger charge is -2.30. The second-order valence-electron chi connectivity index (χ2n) is 4.87. The van der Waals surface area contributed by atoms with Crippen molar-refractivity contribution in [1.82, 2.24) is 0 Å². The molecule has 1 rings (SSSR count). The highest BCUT2D eigenvalue weighted by Gasteiger charge is 2.38. The van der Waals surface area contributed by atoms with Gasteiger partial charge in [-0.1, -0.05) is 33.1 Å². The summed E-state index contributed by atoms with van der Waals surface area (Å²) in [5, 5.41) is 10.1. The zero-order chi connectivity index (χ0) is 12.0. The van der Waals surface area contributed by atoms with Crippen LogP contribution in [0.25, 0.3) is 0 Å². The summed E-state index contributed by atoms with van der Waals surface area (Å²) in [6, 6.07) is 0. The lowest BCUT2D eigenvalue weighted by molar-refractivity contribution is -0.170. The number of rotatable bonds is 5. The Morgan fingerprint density at radius 2 is 1.81 bits per heavy atom. The molecular weight excluding hydrogens is 204 g/mol. The second kappa shape index (κ2) is 6.24. The van der Waals surface area contributed by atoms with E-state index in [0.717, 1.165) is 32.1 Å². The van der Waals surface area contributed by atoms with Gasteiger partial charge in [-0.05, 0) is 31.6 Å². The average molecular weight is 228 g/mol. The van der Waals surface area contributed by atoms with Crippen LogP contribution in [0.3, 0.4) is 0 Å². The Kier molecular flexibility index (Phi) is 5.26. The fraction of sp³-hybridized carbons (Fsp3) is 0.923. The molecule has 1 aliphatic carbocycles. The van der Waals surface area contributed by atoms with Gasteiger partial charge in [-0.15, -0.1) is 0 Å². The molecule has 0 bridgehead atoms. The fourth-order valence-corrected chi connectivity index (χ4v) is 2.19. The van der Waals surface area contributed by atoms with E-state index in [4.69, 9.17) is 4.74 Å². The van der Waals surface area contributed by atoms with E-state index < -0.39 is 11.6 Å². The Morgan fingerprint density at radius 1 is 1.25 bits per heavy atom. The first-order chi connectivity index (χ1) is 7.62. The molecule has 1 fully saturated rings.